The lowest BCUT2D eigenvalue weighted by molar-refractivity contribution is -0.114. The van der Waals surface area contributed by atoms with Gasteiger partial charge in [-0.25, -0.2) is 34.7 Å². The van der Waals surface area contributed by atoms with Crippen LogP contribution in [0.3, 0.4) is 0 Å². The van der Waals surface area contributed by atoms with E-state index in [1.165, 1.54) is 29.6 Å². The van der Waals surface area contributed by atoms with Gasteiger partial charge in [-0.05, 0) is 48.5 Å². The van der Waals surface area contributed by atoms with E-state index in [-0.39, 0.29) is 11.9 Å². The molecule has 0 radical (unpaired) electrons. The van der Waals surface area contributed by atoms with E-state index in [1.54, 1.807) is 35.9 Å². The molecule has 2 aromatic carbocycles. The second kappa shape index (κ2) is 16.5. The number of ether oxygens (including phenoxy) is 1. The fourth-order valence-corrected chi connectivity index (χ4v) is 9.29. The molecule has 0 spiro atoms. The van der Waals surface area contributed by atoms with Gasteiger partial charge in [-0.1, -0.05) is 46.2 Å². The van der Waals surface area contributed by atoms with Gasteiger partial charge in [0.05, 0.1) is 46.0 Å². The molecule has 0 atom stereocenters. The van der Waals surface area contributed by atoms with Gasteiger partial charge in [0, 0.05) is 67.7 Å². The predicted molar refractivity (Wildman–Crippen MR) is 212 cm³/mol. The number of benzene rings is 2. The number of nitrogens with zero attached hydrogens (tertiary/aromatic N) is 9. The fourth-order valence-electron chi connectivity index (χ4n) is 5.49. The van der Waals surface area contributed by atoms with Crippen molar-refractivity contribution in [2.75, 3.05) is 50.0 Å². The Bertz CT molecular complexity index is 2580. The lowest BCUT2D eigenvalue weighted by Gasteiger charge is -2.26. The largest absolute Gasteiger partial charge is 0.379 e. The average Bonchev–Trinajstić information content (AvgIpc) is 3.97. The van der Waals surface area contributed by atoms with Gasteiger partial charge in [-0.3, -0.25) is 23.8 Å². The highest BCUT2D eigenvalue weighted by atomic mass is 32.2. The van der Waals surface area contributed by atoms with Crippen LogP contribution in [0.25, 0.3) is 32.0 Å². The van der Waals surface area contributed by atoms with E-state index in [9.17, 15) is 9.59 Å². The molecule has 3 N–H and O–H groups in total. The minimum absolute atomic E-state index is 0.114. The first-order valence-corrected chi connectivity index (χ1v) is 20.1. The molecule has 0 aliphatic carbocycles. The minimum atomic E-state index is -0.236. The first kappa shape index (κ1) is 35.8. The van der Waals surface area contributed by atoms with Crippen molar-refractivity contribution >= 4 is 100 Å². The number of rotatable bonds is 9. The van der Waals surface area contributed by atoms with E-state index in [0.717, 1.165) is 73.1 Å². The molecular weight excluding hydrogens is 765 g/mol. The number of morpholine rings is 1. The topological polar surface area (TPSA) is 169 Å². The Labute approximate surface area is 324 Å². The van der Waals surface area contributed by atoms with Crippen LogP contribution in [0.5, 0.6) is 0 Å². The molecule has 274 valence electrons. The van der Waals surface area contributed by atoms with Gasteiger partial charge in [-0.15, -0.1) is 0 Å². The maximum Gasteiger partial charge on any atom is 0.321 e. The molecule has 0 unspecified atom stereocenters. The zero-order valence-electron chi connectivity index (χ0n) is 28.7. The van der Waals surface area contributed by atoms with Crippen molar-refractivity contribution in [2.24, 2.45) is 0 Å². The van der Waals surface area contributed by atoms with Gasteiger partial charge < -0.3 is 15.4 Å². The highest BCUT2D eigenvalue weighted by Crippen LogP contribution is 2.35. The van der Waals surface area contributed by atoms with Crippen LogP contribution in [-0.4, -0.2) is 94.9 Å². The summed E-state index contributed by atoms with van der Waals surface area (Å²) in [5.41, 5.74) is 1.74. The van der Waals surface area contributed by atoms with Crippen molar-refractivity contribution in [2.45, 2.75) is 26.8 Å². The number of anilines is 2. The van der Waals surface area contributed by atoms with E-state index >= 15 is 0 Å². The Balaban J connectivity index is 0.000000160. The highest BCUT2D eigenvalue weighted by Gasteiger charge is 2.13. The third-order valence-electron chi connectivity index (χ3n) is 7.99. The molecule has 0 bridgehead atoms. The summed E-state index contributed by atoms with van der Waals surface area (Å²) in [6.07, 6.45) is 11.0. The van der Waals surface area contributed by atoms with Crippen LogP contribution in [0.4, 0.5) is 15.1 Å². The zero-order valence-corrected chi connectivity index (χ0v) is 32.0. The maximum atomic E-state index is 12.2. The maximum absolute atomic E-state index is 12.2. The quantitative estimate of drug-likeness (QED) is 0.147. The lowest BCUT2D eigenvalue weighted by atomic mass is 10.3. The SMILES string of the molecule is CC(=O)Nc1nc2ccc(Sc3cnc4ncccn34)cc2s1.O=C(NCCN1CCOCC1)Nc1nc2ccc(Sc3cnc4ncccn34)cc2s1. The zero-order chi connectivity index (χ0) is 36.9. The van der Waals surface area contributed by atoms with Crippen molar-refractivity contribution in [1.82, 2.24) is 48.9 Å². The van der Waals surface area contributed by atoms with Gasteiger partial charge in [0.1, 0.15) is 10.1 Å². The summed E-state index contributed by atoms with van der Waals surface area (Å²) in [5.74, 6) is 1.24. The van der Waals surface area contributed by atoms with Gasteiger partial charge in [0.2, 0.25) is 17.5 Å². The highest BCUT2D eigenvalue weighted by molar-refractivity contribution is 7.99. The number of hydrogen-bond donors (Lipinski definition) is 3. The second-order valence-corrected chi connectivity index (χ2v) is 16.0. The lowest BCUT2D eigenvalue weighted by Crippen LogP contribution is -2.42. The van der Waals surface area contributed by atoms with Crippen molar-refractivity contribution in [3.63, 3.8) is 0 Å². The molecular formula is C35H32N12O3S4. The van der Waals surface area contributed by atoms with Crippen LogP contribution in [0.15, 0.2) is 106 Å². The summed E-state index contributed by atoms with van der Waals surface area (Å²) in [7, 11) is 0. The van der Waals surface area contributed by atoms with Crippen molar-refractivity contribution in [3.05, 3.63) is 85.7 Å². The number of carbonyl (C=O) groups excluding carboxylic acids is 2. The van der Waals surface area contributed by atoms with Gasteiger partial charge in [0.15, 0.2) is 10.3 Å². The Morgan fingerprint density at radius 2 is 1.33 bits per heavy atom. The van der Waals surface area contributed by atoms with E-state index in [2.05, 4.69) is 62.9 Å². The summed E-state index contributed by atoms with van der Waals surface area (Å²) in [5, 5.41) is 11.7. The van der Waals surface area contributed by atoms with Gasteiger partial charge >= 0.3 is 6.03 Å². The van der Waals surface area contributed by atoms with E-state index in [0.29, 0.717) is 28.4 Å². The van der Waals surface area contributed by atoms with Crippen molar-refractivity contribution in [1.29, 1.82) is 0 Å². The van der Waals surface area contributed by atoms with Gasteiger partial charge in [-0.2, -0.15) is 0 Å². The monoisotopic (exact) mass is 796 g/mol. The third-order valence-corrected chi connectivity index (χ3v) is 11.9. The number of nitrogens with one attached hydrogen (secondary N) is 3. The first-order valence-electron chi connectivity index (χ1n) is 16.8. The summed E-state index contributed by atoms with van der Waals surface area (Å²) in [4.78, 5) is 53.8. The molecule has 1 fully saturated rings. The number of fused-ring (bicyclic) bond motifs is 4. The number of amides is 3. The number of carbonyl (C=O) groups is 2. The minimum Gasteiger partial charge on any atom is -0.379 e. The molecule has 1 aliphatic rings. The van der Waals surface area contributed by atoms with Gasteiger partial charge in [0.25, 0.3) is 0 Å². The predicted octanol–water partition coefficient (Wildman–Crippen LogP) is 6.39. The third kappa shape index (κ3) is 8.61. The molecule has 1 aliphatic heterocycles. The van der Waals surface area contributed by atoms with Crippen LogP contribution in [0, 0.1) is 0 Å². The van der Waals surface area contributed by atoms with Crippen LogP contribution in [-0.2, 0) is 9.53 Å². The molecule has 54 heavy (non-hydrogen) atoms. The van der Waals surface area contributed by atoms with Crippen LogP contribution < -0.4 is 16.0 Å². The molecule has 6 aromatic heterocycles. The Morgan fingerprint density at radius 1 is 0.778 bits per heavy atom. The smallest absolute Gasteiger partial charge is 0.321 e. The molecule has 19 heteroatoms. The molecule has 1 saturated heterocycles. The molecule has 7 heterocycles. The van der Waals surface area contributed by atoms with Crippen LogP contribution in [0.1, 0.15) is 6.92 Å². The molecule has 15 nitrogen and oxygen atoms in total. The summed E-state index contributed by atoms with van der Waals surface area (Å²) >= 11 is 6.15. The van der Waals surface area contributed by atoms with E-state index in [4.69, 9.17) is 4.74 Å². The van der Waals surface area contributed by atoms with Crippen LogP contribution >= 0.6 is 46.2 Å². The molecule has 3 amide bonds. The van der Waals surface area contributed by atoms with Crippen molar-refractivity contribution < 1.29 is 14.3 Å². The molecule has 9 rings (SSSR count). The van der Waals surface area contributed by atoms with Crippen LogP contribution in [0.2, 0.25) is 0 Å². The van der Waals surface area contributed by atoms with E-state index < -0.39 is 0 Å². The standard InChI is InChI=1S/C20H21N7O2S2.C15H11N5OS2/c28-19(22-5-7-26-8-10-29-11-9-26)25-20-24-15-3-2-14(12-16(15)31-20)30-17-13-23-18-21-4-1-6-27(17)18;1-9(21)18-15-19-11-4-3-10(7-12(11)23-15)22-13-8-17-14-16-5-2-6-20(13)14/h1-4,6,12-13H,5,7-11H2,(H2,22,24,25,28);2-8H,1H3,(H,18,19,21). The Kier molecular flexibility index (Phi) is 10.9. The Morgan fingerprint density at radius 3 is 1.89 bits per heavy atom. The Hall–Kier alpha value is -5.18. The number of urea groups is 1. The normalized spacial score (nSPS) is 13.3. The number of imidazole rings is 2. The summed E-state index contributed by atoms with van der Waals surface area (Å²) < 4.78 is 11.3. The first-order chi connectivity index (χ1) is 26.4. The number of aromatic nitrogens is 8. The fraction of sp³-hybridized carbons (Fsp3) is 0.200. The molecule has 0 saturated carbocycles. The van der Waals surface area contributed by atoms with E-state index in [1.807, 2.05) is 70.0 Å². The summed E-state index contributed by atoms with van der Waals surface area (Å²) in [6.45, 7) is 6.21. The van der Waals surface area contributed by atoms with Crippen molar-refractivity contribution in [3.8, 4) is 0 Å². The number of hydrogen-bond acceptors (Lipinski definition) is 14. The second-order valence-electron chi connectivity index (χ2n) is 11.8. The average molecular weight is 797 g/mol. The number of thiazole rings is 2. The molecule has 8 aromatic rings. The summed E-state index contributed by atoms with van der Waals surface area (Å²) in [6, 6.07) is 15.6.